The van der Waals surface area contributed by atoms with Crippen molar-refractivity contribution < 1.29 is 0 Å². The fraction of sp³-hybridized carbons (Fsp3) is 0.0909. The second kappa shape index (κ2) is 5.88. The molecular weight excluding hydrogens is 363 g/mol. The second-order valence-corrected chi connectivity index (χ2v) is 8.77. The molecule has 2 aromatic rings. The van der Waals surface area contributed by atoms with Gasteiger partial charge in [0, 0.05) is 0 Å². The molecule has 0 saturated carbocycles. The molecule has 0 spiro atoms. The van der Waals surface area contributed by atoms with Gasteiger partial charge in [0.2, 0.25) is 0 Å². The van der Waals surface area contributed by atoms with Crippen LogP contribution in [0.3, 0.4) is 0 Å². The Morgan fingerprint density at radius 2 is 1.12 bits per heavy atom. The molecule has 0 heterocycles. The summed E-state index contributed by atoms with van der Waals surface area (Å²) in [7, 11) is 0.364. The fourth-order valence-electron chi connectivity index (χ4n) is 3.56. The second-order valence-electron chi connectivity index (χ2n) is 6.25. The van der Waals surface area contributed by atoms with Crippen molar-refractivity contribution in [3.8, 4) is 0 Å². The first-order valence-corrected chi connectivity index (χ1v) is 9.84. The third-order valence-electron chi connectivity index (χ3n) is 4.92. The SMILES string of the molecule is C=CC1(Cl)C([Si]C2=Cc3ccccc3C2(Cl)C=C)=Cc2ccccc21. The third kappa shape index (κ3) is 2.34. The van der Waals surface area contributed by atoms with Crippen molar-refractivity contribution in [1.82, 2.24) is 0 Å². The first-order chi connectivity index (χ1) is 12.0. The lowest BCUT2D eigenvalue weighted by Crippen LogP contribution is -2.26. The Hall–Kier alpha value is -1.80. The van der Waals surface area contributed by atoms with Gasteiger partial charge in [-0.2, -0.15) is 0 Å². The molecular formula is C22H16Cl2Si. The quantitative estimate of drug-likeness (QED) is 0.345. The molecule has 4 rings (SSSR count). The van der Waals surface area contributed by atoms with Gasteiger partial charge in [-0.05, 0) is 22.3 Å². The molecule has 25 heavy (non-hydrogen) atoms. The van der Waals surface area contributed by atoms with Crippen molar-refractivity contribution in [2.75, 3.05) is 0 Å². The molecule has 0 N–H and O–H groups in total. The monoisotopic (exact) mass is 378 g/mol. The molecule has 2 radical (unpaired) electrons. The number of fused-ring (bicyclic) bond motifs is 2. The average molecular weight is 379 g/mol. The maximum absolute atomic E-state index is 7.00. The molecule has 122 valence electrons. The molecule has 0 bridgehead atoms. The summed E-state index contributed by atoms with van der Waals surface area (Å²) in [5.41, 5.74) is 4.47. The number of rotatable bonds is 4. The van der Waals surface area contributed by atoms with Gasteiger partial charge in [-0.25, -0.2) is 0 Å². The minimum atomic E-state index is -0.677. The molecule has 2 unspecified atom stereocenters. The van der Waals surface area contributed by atoms with E-state index in [4.69, 9.17) is 23.2 Å². The van der Waals surface area contributed by atoms with Crippen molar-refractivity contribution in [1.29, 1.82) is 0 Å². The van der Waals surface area contributed by atoms with Crippen molar-refractivity contribution in [2.45, 2.75) is 9.75 Å². The zero-order chi connectivity index (χ0) is 17.7. The van der Waals surface area contributed by atoms with Gasteiger partial charge < -0.3 is 0 Å². The zero-order valence-corrected chi connectivity index (χ0v) is 16.1. The number of halogens is 2. The highest BCUT2D eigenvalue weighted by atomic mass is 35.5. The van der Waals surface area contributed by atoms with E-state index < -0.39 is 9.75 Å². The highest BCUT2D eigenvalue weighted by Crippen LogP contribution is 2.50. The molecule has 2 atom stereocenters. The molecule has 0 amide bonds. The summed E-state index contributed by atoms with van der Waals surface area (Å²) in [6, 6.07) is 16.4. The van der Waals surface area contributed by atoms with E-state index in [-0.39, 0.29) is 0 Å². The van der Waals surface area contributed by atoms with E-state index >= 15 is 0 Å². The molecule has 2 aliphatic carbocycles. The lowest BCUT2D eigenvalue weighted by atomic mass is 10.00. The van der Waals surface area contributed by atoms with Gasteiger partial charge in [-0.3, -0.25) is 0 Å². The third-order valence-corrected chi connectivity index (χ3v) is 7.98. The normalized spacial score (nSPS) is 26.5. The van der Waals surface area contributed by atoms with Gasteiger partial charge in [0.05, 0.1) is 0 Å². The number of hydrogen-bond donors (Lipinski definition) is 0. The van der Waals surface area contributed by atoms with Crippen LogP contribution in [0.5, 0.6) is 0 Å². The van der Waals surface area contributed by atoms with Gasteiger partial charge in [-0.1, -0.05) is 83.2 Å². The first kappa shape index (κ1) is 16.7. The Kier molecular flexibility index (Phi) is 3.91. The lowest BCUT2D eigenvalue weighted by Gasteiger charge is -2.27. The Morgan fingerprint density at radius 1 is 0.720 bits per heavy atom. The molecule has 0 nitrogen and oxygen atoms in total. The van der Waals surface area contributed by atoms with Crippen molar-refractivity contribution in [2.24, 2.45) is 0 Å². The van der Waals surface area contributed by atoms with Crippen molar-refractivity contribution in [3.05, 3.63) is 106 Å². The molecule has 0 saturated heterocycles. The Morgan fingerprint density at radius 3 is 1.52 bits per heavy atom. The van der Waals surface area contributed by atoms with E-state index in [1.807, 2.05) is 36.4 Å². The van der Waals surface area contributed by atoms with Gasteiger partial charge >= 0.3 is 0 Å². The number of allylic oxidation sites excluding steroid dienone is 4. The first-order valence-electron chi connectivity index (χ1n) is 8.08. The zero-order valence-electron chi connectivity index (χ0n) is 13.6. The average Bonchev–Trinajstić information content (AvgIpc) is 3.09. The standard InChI is InChI=1S/C22H16Cl2Si/c1-3-21(23)17-11-7-5-9-15(17)13-19(21)25-20-14-16-10-6-8-12-18(16)22(20,24)4-2/h3-14H,1-2H2. The smallest absolute Gasteiger partial charge is 0.105 e. The summed E-state index contributed by atoms with van der Waals surface area (Å²) in [6.07, 6.45) is 8.00. The number of benzene rings is 2. The number of hydrogen-bond acceptors (Lipinski definition) is 0. The van der Waals surface area contributed by atoms with Crippen LogP contribution in [0.4, 0.5) is 0 Å². The van der Waals surface area contributed by atoms with Crippen LogP contribution in [-0.4, -0.2) is 9.52 Å². The fourth-order valence-corrected chi connectivity index (χ4v) is 5.88. The van der Waals surface area contributed by atoms with Crippen LogP contribution in [0.1, 0.15) is 22.3 Å². The summed E-state index contributed by atoms with van der Waals surface area (Å²) < 4.78 is 0. The van der Waals surface area contributed by atoms with Crippen molar-refractivity contribution in [3.63, 3.8) is 0 Å². The predicted molar refractivity (Wildman–Crippen MR) is 110 cm³/mol. The molecule has 0 fully saturated rings. The van der Waals surface area contributed by atoms with E-state index in [1.54, 1.807) is 0 Å². The summed E-state index contributed by atoms with van der Waals surface area (Å²) in [5, 5.41) is 2.24. The van der Waals surface area contributed by atoms with Gasteiger partial charge in [0.1, 0.15) is 19.3 Å². The summed E-state index contributed by atoms with van der Waals surface area (Å²) in [6.45, 7) is 7.99. The minimum Gasteiger partial charge on any atom is -0.105 e. The maximum atomic E-state index is 7.00. The molecule has 0 aromatic heterocycles. The largest absolute Gasteiger partial charge is 0.116 e. The Labute approximate surface area is 161 Å². The highest BCUT2D eigenvalue weighted by molar-refractivity contribution is 6.63. The van der Waals surface area contributed by atoms with Gasteiger partial charge in [0.25, 0.3) is 0 Å². The molecule has 0 aliphatic heterocycles. The predicted octanol–water partition coefficient (Wildman–Crippen LogP) is 6.04. The molecule has 2 aromatic carbocycles. The minimum absolute atomic E-state index is 0.364. The van der Waals surface area contributed by atoms with Crippen LogP contribution in [0.2, 0.25) is 0 Å². The van der Waals surface area contributed by atoms with Crippen LogP contribution in [0.15, 0.2) is 84.2 Å². The van der Waals surface area contributed by atoms with E-state index in [1.165, 1.54) is 0 Å². The Bertz CT molecular complexity index is 879. The topological polar surface area (TPSA) is 0 Å². The number of alkyl halides is 2. The van der Waals surface area contributed by atoms with E-state index in [2.05, 4.69) is 49.6 Å². The molecule has 2 aliphatic rings. The highest BCUT2D eigenvalue weighted by Gasteiger charge is 2.42. The van der Waals surface area contributed by atoms with Gasteiger partial charge in [-0.15, -0.1) is 36.4 Å². The van der Waals surface area contributed by atoms with Gasteiger partial charge in [0.15, 0.2) is 0 Å². The lowest BCUT2D eigenvalue weighted by molar-refractivity contribution is 0.956. The van der Waals surface area contributed by atoms with Crippen molar-refractivity contribution >= 4 is 44.9 Å². The van der Waals surface area contributed by atoms with E-state index in [0.717, 1.165) is 32.6 Å². The maximum Gasteiger partial charge on any atom is 0.116 e. The molecule has 3 heteroatoms. The summed E-state index contributed by atoms with van der Waals surface area (Å²) in [4.78, 5) is -1.35. The van der Waals surface area contributed by atoms with E-state index in [9.17, 15) is 0 Å². The van der Waals surface area contributed by atoms with Crippen LogP contribution < -0.4 is 0 Å². The summed E-state index contributed by atoms with van der Waals surface area (Å²) in [5.74, 6) is 0. The van der Waals surface area contributed by atoms with Crippen LogP contribution in [-0.2, 0) is 9.75 Å². The summed E-state index contributed by atoms with van der Waals surface area (Å²) >= 11 is 14.0. The Balaban J connectivity index is 1.77. The van der Waals surface area contributed by atoms with Crippen LogP contribution in [0.25, 0.3) is 12.2 Å². The van der Waals surface area contributed by atoms with E-state index in [0.29, 0.717) is 9.52 Å². The van der Waals surface area contributed by atoms with Crippen LogP contribution >= 0.6 is 23.2 Å². The van der Waals surface area contributed by atoms with Crippen LogP contribution in [0, 0.1) is 0 Å².